The van der Waals surface area contributed by atoms with Gasteiger partial charge in [0.05, 0.1) is 0 Å². The molecule has 0 rings (SSSR count). The summed E-state index contributed by atoms with van der Waals surface area (Å²) in [5.74, 6) is -1.33. The van der Waals surface area contributed by atoms with Gasteiger partial charge in [-0.25, -0.2) is 0 Å². The van der Waals surface area contributed by atoms with Crippen LogP contribution < -0.4 is 34.7 Å². The maximum Gasteiger partial charge on any atom is 1.00 e. The Morgan fingerprint density at radius 2 is 1.71 bits per heavy atom. The topological polar surface area (TPSA) is 40.1 Å². The second-order valence-electron chi connectivity index (χ2n) is 1.47. The fraction of sp³-hybridized carbons (Fsp3) is 0.750. The van der Waals surface area contributed by atoms with Crippen molar-refractivity contribution in [1.29, 1.82) is 0 Å². The molecule has 0 unspecified atom stereocenters. The molecule has 0 bridgehead atoms. The third-order valence-electron chi connectivity index (χ3n) is 0.471. The van der Waals surface area contributed by atoms with E-state index >= 15 is 0 Å². The summed E-state index contributed by atoms with van der Waals surface area (Å²) < 4.78 is 0. The summed E-state index contributed by atoms with van der Waals surface area (Å²) in [7, 11) is 0. The Balaban J connectivity index is 0. The minimum Gasteiger partial charge on any atom is -0.550 e. The molecule has 0 saturated carbocycles. The summed E-state index contributed by atoms with van der Waals surface area (Å²) in [4.78, 5) is 9.59. The molecule has 0 spiro atoms. The number of carboxylic acid groups (broad SMARTS) is 1. The molecule has 0 aromatic carbocycles. The second-order valence-corrected chi connectivity index (χ2v) is 1.47. The van der Waals surface area contributed by atoms with Crippen molar-refractivity contribution in [1.82, 2.24) is 0 Å². The summed E-state index contributed by atoms with van der Waals surface area (Å²) in [6.07, 6.45) is 0. The van der Waals surface area contributed by atoms with Crippen molar-refractivity contribution in [2.75, 3.05) is 0 Å². The van der Waals surface area contributed by atoms with E-state index < -0.39 is 5.97 Å². The molecule has 0 atom stereocenters. The van der Waals surface area contributed by atoms with Gasteiger partial charge in [-0.3, -0.25) is 0 Å². The second kappa shape index (κ2) is 4.62. The molecule has 0 N–H and O–H groups in total. The van der Waals surface area contributed by atoms with Gasteiger partial charge in [0.15, 0.2) is 0 Å². The van der Waals surface area contributed by atoms with Gasteiger partial charge >= 0.3 is 29.6 Å². The minimum atomic E-state index is -0.991. The first-order valence-electron chi connectivity index (χ1n) is 1.85. The van der Waals surface area contributed by atoms with Crippen LogP contribution in [0, 0.1) is 5.92 Å². The van der Waals surface area contributed by atoms with E-state index in [-0.39, 0.29) is 35.5 Å². The molecule has 0 radical (unpaired) electrons. The zero-order chi connectivity index (χ0) is 5.15. The van der Waals surface area contributed by atoms with Crippen LogP contribution in [0.3, 0.4) is 0 Å². The van der Waals surface area contributed by atoms with Crippen LogP contribution in [0.5, 0.6) is 0 Å². The zero-order valence-corrected chi connectivity index (χ0v) is 6.89. The average Bonchev–Trinajstić information content (AvgIpc) is 1.36. The number of carbonyl (C=O) groups excluding carboxylic acids is 1. The summed E-state index contributed by atoms with van der Waals surface area (Å²) in [6, 6.07) is 0. The molecule has 0 aliphatic rings. The van der Waals surface area contributed by atoms with Crippen molar-refractivity contribution < 1.29 is 39.5 Å². The predicted octanol–water partition coefficient (Wildman–Crippen LogP) is -3.60. The third-order valence-corrected chi connectivity index (χ3v) is 0.471. The van der Waals surface area contributed by atoms with Gasteiger partial charge in [-0.05, 0) is 5.92 Å². The molecule has 2 nitrogen and oxygen atoms in total. The first kappa shape index (κ1) is 10.5. The molecular weight excluding hydrogens is 105 g/mol. The monoisotopic (exact) mass is 112 g/mol. The third kappa shape index (κ3) is 6.47. The van der Waals surface area contributed by atoms with Gasteiger partial charge in [0.25, 0.3) is 0 Å². The van der Waals surface area contributed by atoms with E-state index in [0.29, 0.717) is 0 Å². The largest absolute Gasteiger partial charge is 1.00 e. The van der Waals surface area contributed by atoms with Gasteiger partial charge < -0.3 is 9.90 Å². The molecular formula is C4H7NaO2. The molecule has 0 amide bonds. The fourth-order valence-corrected chi connectivity index (χ4v) is 0. The number of rotatable bonds is 1. The summed E-state index contributed by atoms with van der Waals surface area (Å²) in [5.41, 5.74) is 0. The van der Waals surface area contributed by atoms with E-state index in [4.69, 9.17) is 0 Å². The summed E-state index contributed by atoms with van der Waals surface area (Å²) >= 11 is 0. The maximum absolute atomic E-state index is 9.59. The number of carboxylic acids is 1. The zero-order valence-electron chi connectivity index (χ0n) is 4.89. The van der Waals surface area contributed by atoms with E-state index in [1.165, 1.54) is 0 Å². The number of carbonyl (C=O) groups is 1. The van der Waals surface area contributed by atoms with Gasteiger partial charge in [-0.1, -0.05) is 13.8 Å². The van der Waals surface area contributed by atoms with E-state index in [2.05, 4.69) is 0 Å². The van der Waals surface area contributed by atoms with Crippen LogP contribution in [0.2, 0.25) is 0 Å². The van der Waals surface area contributed by atoms with E-state index in [1.807, 2.05) is 0 Å². The summed E-state index contributed by atoms with van der Waals surface area (Å²) in [5, 5.41) is 9.59. The molecule has 0 aliphatic heterocycles. The van der Waals surface area contributed by atoms with Gasteiger partial charge in [-0.15, -0.1) is 0 Å². The van der Waals surface area contributed by atoms with Crippen LogP contribution in [0.4, 0.5) is 0 Å². The molecule has 0 heterocycles. The Hall–Kier alpha value is 0.470. The van der Waals surface area contributed by atoms with Gasteiger partial charge in [0.2, 0.25) is 0 Å². The summed E-state index contributed by atoms with van der Waals surface area (Å²) in [6.45, 7) is 3.16. The molecule has 3 heteroatoms. The standard InChI is InChI=1S/C4H8O2.Na/c1-3(2)4(5)6;/h3H,1-2H3,(H,5,6);/q;+1/p-1/i4+2;. The van der Waals surface area contributed by atoms with Crippen molar-refractivity contribution in [3.05, 3.63) is 0 Å². The number of hydrogen-bond acceptors (Lipinski definition) is 2. The van der Waals surface area contributed by atoms with Crippen molar-refractivity contribution in [2.45, 2.75) is 13.8 Å². The smallest absolute Gasteiger partial charge is 0.550 e. The van der Waals surface area contributed by atoms with Crippen LogP contribution in [0.25, 0.3) is 0 Å². The molecule has 0 aromatic heterocycles. The molecule has 0 saturated heterocycles. The van der Waals surface area contributed by atoms with E-state index in [0.717, 1.165) is 0 Å². The van der Waals surface area contributed by atoms with Crippen molar-refractivity contribution in [3.63, 3.8) is 0 Å². The van der Waals surface area contributed by atoms with Crippen LogP contribution >= 0.6 is 0 Å². The Morgan fingerprint density at radius 1 is 1.57 bits per heavy atom. The van der Waals surface area contributed by atoms with Crippen LogP contribution in [-0.4, -0.2) is 5.97 Å². The Morgan fingerprint density at radius 3 is 1.71 bits per heavy atom. The first-order chi connectivity index (χ1) is 2.64. The molecule has 0 fully saturated rings. The number of hydrogen-bond donors (Lipinski definition) is 0. The Labute approximate surface area is 65.2 Å². The fourth-order valence-electron chi connectivity index (χ4n) is 0. The van der Waals surface area contributed by atoms with Crippen LogP contribution in [-0.2, 0) is 4.79 Å². The van der Waals surface area contributed by atoms with Crippen molar-refractivity contribution >= 4 is 5.97 Å². The van der Waals surface area contributed by atoms with Gasteiger partial charge in [0, 0.05) is 5.97 Å². The van der Waals surface area contributed by atoms with Crippen molar-refractivity contribution in [2.24, 2.45) is 5.92 Å². The SMILES string of the molecule is CC(C)[14C](=O)[O-].[Na+]. The van der Waals surface area contributed by atoms with E-state index in [9.17, 15) is 9.90 Å². The maximum atomic E-state index is 9.59. The van der Waals surface area contributed by atoms with Crippen LogP contribution in [0.15, 0.2) is 0 Å². The molecule has 36 valence electrons. The Bertz CT molecular complexity index is 60.7. The average molecular weight is 112 g/mol. The number of aliphatic carboxylic acids is 1. The predicted molar refractivity (Wildman–Crippen MR) is 19.8 cm³/mol. The van der Waals surface area contributed by atoms with E-state index in [1.54, 1.807) is 13.8 Å². The molecule has 0 aromatic rings. The first-order valence-corrected chi connectivity index (χ1v) is 1.85. The van der Waals surface area contributed by atoms with Crippen LogP contribution in [0.1, 0.15) is 13.8 Å². The van der Waals surface area contributed by atoms with Crippen molar-refractivity contribution in [3.8, 4) is 0 Å². The molecule has 7 heavy (non-hydrogen) atoms. The van der Waals surface area contributed by atoms with Gasteiger partial charge in [-0.2, -0.15) is 0 Å². The Kier molecular flexibility index (Phi) is 6.90. The quantitative estimate of drug-likeness (QED) is 0.329. The van der Waals surface area contributed by atoms with Gasteiger partial charge in [0.1, 0.15) is 0 Å². The minimum absolute atomic E-state index is 0. The molecule has 0 aliphatic carbocycles. The normalized spacial score (nSPS) is 7.86.